The summed E-state index contributed by atoms with van der Waals surface area (Å²) in [6.07, 6.45) is 4.48. The number of aryl methyl sites for hydroxylation is 1. The van der Waals surface area contributed by atoms with Crippen LogP contribution < -0.4 is 0 Å². The molecule has 20 heavy (non-hydrogen) atoms. The second-order valence-electron chi connectivity index (χ2n) is 6.19. The second kappa shape index (κ2) is 6.24. The van der Waals surface area contributed by atoms with Crippen molar-refractivity contribution in [1.29, 1.82) is 0 Å². The minimum absolute atomic E-state index is 0.521. The van der Waals surface area contributed by atoms with Crippen molar-refractivity contribution in [3.05, 3.63) is 23.2 Å². The fourth-order valence-corrected chi connectivity index (χ4v) is 3.08. The van der Waals surface area contributed by atoms with Crippen LogP contribution in [0.5, 0.6) is 0 Å². The van der Waals surface area contributed by atoms with Gasteiger partial charge in [0, 0.05) is 20.9 Å². The molecule has 0 aliphatic rings. The van der Waals surface area contributed by atoms with E-state index in [1.807, 2.05) is 4.57 Å². The zero-order valence-corrected chi connectivity index (χ0v) is 14.4. The van der Waals surface area contributed by atoms with Gasteiger partial charge in [-0.2, -0.15) is 0 Å². The predicted molar refractivity (Wildman–Crippen MR) is 86.0 cm³/mol. The van der Waals surface area contributed by atoms with E-state index < -0.39 is 8.07 Å². The Hall–Kier alpha value is -0.913. The van der Waals surface area contributed by atoms with Crippen molar-refractivity contribution in [3.8, 4) is 0 Å². The standard InChI is InChI=1S/C14H22ClN3OSi/c1-5-11-8-18(10-19-6-7-20(2,3)4)14-12(11)13(15)16-9-17-14/h8-9H,5-7,10H2,1-4H3. The molecule has 2 aromatic rings. The molecule has 0 radical (unpaired) electrons. The molecule has 2 rings (SSSR count). The third kappa shape index (κ3) is 3.59. The number of hydrogen-bond acceptors (Lipinski definition) is 3. The lowest BCUT2D eigenvalue weighted by Crippen LogP contribution is -2.22. The predicted octanol–water partition coefficient (Wildman–Crippen LogP) is 3.96. The molecule has 0 amide bonds. The van der Waals surface area contributed by atoms with Gasteiger partial charge in [0.25, 0.3) is 0 Å². The second-order valence-corrected chi connectivity index (χ2v) is 12.2. The first-order chi connectivity index (χ1) is 9.42. The quantitative estimate of drug-likeness (QED) is 0.460. The maximum absolute atomic E-state index is 6.18. The maximum atomic E-state index is 6.18. The van der Waals surface area contributed by atoms with Gasteiger partial charge in [0.05, 0.1) is 5.39 Å². The summed E-state index contributed by atoms with van der Waals surface area (Å²) in [6.45, 7) is 10.5. The van der Waals surface area contributed by atoms with Gasteiger partial charge in [0.2, 0.25) is 0 Å². The lowest BCUT2D eigenvalue weighted by molar-refractivity contribution is 0.0898. The molecule has 0 aliphatic heterocycles. The summed E-state index contributed by atoms with van der Waals surface area (Å²) < 4.78 is 7.82. The maximum Gasteiger partial charge on any atom is 0.147 e. The van der Waals surface area contributed by atoms with Gasteiger partial charge in [-0.05, 0) is 18.0 Å². The molecule has 4 nitrogen and oxygen atoms in total. The molecule has 0 spiro atoms. The van der Waals surface area contributed by atoms with Crippen LogP contribution in [-0.2, 0) is 17.9 Å². The normalized spacial score (nSPS) is 12.2. The van der Waals surface area contributed by atoms with Crippen molar-refractivity contribution in [2.75, 3.05) is 6.61 Å². The SMILES string of the molecule is CCc1cn(COCC[Si](C)(C)C)c2ncnc(Cl)c12. The molecule has 0 saturated heterocycles. The number of nitrogens with zero attached hydrogens (tertiary/aromatic N) is 3. The minimum atomic E-state index is -1.04. The van der Waals surface area contributed by atoms with Gasteiger partial charge in [-0.15, -0.1) is 0 Å². The molecule has 2 heterocycles. The highest BCUT2D eigenvalue weighted by Crippen LogP contribution is 2.25. The monoisotopic (exact) mass is 311 g/mol. The molecule has 0 atom stereocenters. The van der Waals surface area contributed by atoms with Crippen molar-refractivity contribution in [2.45, 2.75) is 45.8 Å². The van der Waals surface area contributed by atoms with Crippen LogP contribution in [0.3, 0.4) is 0 Å². The van der Waals surface area contributed by atoms with Crippen LogP contribution in [0.15, 0.2) is 12.5 Å². The van der Waals surface area contributed by atoms with Crippen LogP contribution in [-0.4, -0.2) is 29.2 Å². The lowest BCUT2D eigenvalue weighted by Gasteiger charge is -2.15. The summed E-state index contributed by atoms with van der Waals surface area (Å²) in [4.78, 5) is 8.40. The number of aromatic nitrogens is 3. The molecule has 0 aliphatic carbocycles. The van der Waals surface area contributed by atoms with Crippen LogP contribution in [0, 0.1) is 0 Å². The first-order valence-corrected chi connectivity index (χ1v) is 11.1. The van der Waals surface area contributed by atoms with Crippen molar-refractivity contribution < 1.29 is 4.74 Å². The first-order valence-electron chi connectivity index (χ1n) is 6.98. The van der Waals surface area contributed by atoms with Crippen molar-refractivity contribution in [1.82, 2.24) is 14.5 Å². The molecule has 6 heteroatoms. The molecule has 0 N–H and O–H groups in total. The number of hydrogen-bond donors (Lipinski definition) is 0. The molecule has 0 saturated carbocycles. The Bertz CT molecular complexity index is 592. The van der Waals surface area contributed by atoms with Crippen LogP contribution in [0.1, 0.15) is 12.5 Å². The number of rotatable bonds is 6. The number of fused-ring (bicyclic) bond motifs is 1. The van der Waals surface area contributed by atoms with E-state index in [4.69, 9.17) is 16.3 Å². The summed E-state index contributed by atoms with van der Waals surface area (Å²) in [7, 11) is -1.04. The lowest BCUT2D eigenvalue weighted by atomic mass is 10.2. The summed E-state index contributed by atoms with van der Waals surface area (Å²) in [5.41, 5.74) is 2.02. The summed E-state index contributed by atoms with van der Waals surface area (Å²) in [5.74, 6) is 0. The highest BCUT2D eigenvalue weighted by atomic mass is 35.5. The Labute approximate surface area is 126 Å². The Kier molecular flexibility index (Phi) is 4.83. The van der Waals surface area contributed by atoms with Gasteiger partial charge in [0.1, 0.15) is 23.9 Å². The third-order valence-electron chi connectivity index (χ3n) is 3.29. The Balaban J connectivity index is 2.13. The van der Waals surface area contributed by atoms with Crippen LogP contribution >= 0.6 is 11.6 Å². The summed E-state index contributed by atoms with van der Waals surface area (Å²) in [5, 5.41) is 1.47. The molecular formula is C14H22ClN3OSi. The zero-order valence-electron chi connectivity index (χ0n) is 12.6. The smallest absolute Gasteiger partial charge is 0.147 e. The van der Waals surface area contributed by atoms with E-state index in [1.165, 1.54) is 17.9 Å². The molecular weight excluding hydrogens is 290 g/mol. The molecule has 0 bridgehead atoms. The number of halogens is 1. The van der Waals surface area contributed by atoms with Gasteiger partial charge in [-0.3, -0.25) is 0 Å². The van der Waals surface area contributed by atoms with E-state index in [0.717, 1.165) is 24.1 Å². The third-order valence-corrected chi connectivity index (χ3v) is 5.28. The van der Waals surface area contributed by atoms with Crippen LogP contribution in [0.2, 0.25) is 30.8 Å². The Morgan fingerprint density at radius 3 is 2.70 bits per heavy atom. The van der Waals surface area contributed by atoms with E-state index in [2.05, 4.69) is 42.7 Å². The summed E-state index contributed by atoms with van der Waals surface area (Å²) in [6, 6.07) is 1.17. The van der Waals surface area contributed by atoms with Crippen LogP contribution in [0.25, 0.3) is 11.0 Å². The zero-order chi connectivity index (χ0) is 14.8. The highest BCUT2D eigenvalue weighted by Gasteiger charge is 2.14. The Morgan fingerprint density at radius 2 is 2.05 bits per heavy atom. The molecule has 110 valence electrons. The molecule has 0 fully saturated rings. The largest absolute Gasteiger partial charge is 0.361 e. The molecule has 2 aromatic heterocycles. The molecule has 0 aromatic carbocycles. The van der Waals surface area contributed by atoms with Crippen LogP contribution in [0.4, 0.5) is 0 Å². The fraction of sp³-hybridized carbons (Fsp3) is 0.571. The number of ether oxygens (including phenoxy) is 1. The van der Waals surface area contributed by atoms with E-state index in [1.54, 1.807) is 0 Å². The fourth-order valence-electron chi connectivity index (χ4n) is 2.07. The van der Waals surface area contributed by atoms with Crippen molar-refractivity contribution in [2.24, 2.45) is 0 Å². The minimum Gasteiger partial charge on any atom is -0.361 e. The van der Waals surface area contributed by atoms with E-state index in [-0.39, 0.29) is 0 Å². The average Bonchev–Trinajstić information content (AvgIpc) is 2.73. The van der Waals surface area contributed by atoms with E-state index >= 15 is 0 Å². The average molecular weight is 312 g/mol. The highest BCUT2D eigenvalue weighted by molar-refractivity contribution is 6.76. The summed E-state index contributed by atoms with van der Waals surface area (Å²) >= 11 is 6.18. The van der Waals surface area contributed by atoms with Gasteiger partial charge in [-0.1, -0.05) is 38.2 Å². The molecule has 0 unspecified atom stereocenters. The van der Waals surface area contributed by atoms with Gasteiger partial charge in [0.15, 0.2) is 0 Å². The van der Waals surface area contributed by atoms with E-state index in [0.29, 0.717) is 11.9 Å². The topological polar surface area (TPSA) is 39.9 Å². The van der Waals surface area contributed by atoms with E-state index in [9.17, 15) is 0 Å². The van der Waals surface area contributed by atoms with Crippen molar-refractivity contribution in [3.63, 3.8) is 0 Å². The van der Waals surface area contributed by atoms with Crippen molar-refractivity contribution >= 4 is 30.7 Å². The van der Waals surface area contributed by atoms with Gasteiger partial charge in [-0.25, -0.2) is 9.97 Å². The van der Waals surface area contributed by atoms with Gasteiger partial charge < -0.3 is 9.30 Å². The van der Waals surface area contributed by atoms with Gasteiger partial charge >= 0.3 is 0 Å². The first kappa shape index (κ1) is 15.5. The Morgan fingerprint density at radius 1 is 1.30 bits per heavy atom.